The lowest BCUT2D eigenvalue weighted by Crippen LogP contribution is -2.16. The Morgan fingerprint density at radius 3 is 2.00 bits per heavy atom. The fourth-order valence-corrected chi connectivity index (χ4v) is 2.51. The van der Waals surface area contributed by atoms with Gasteiger partial charge in [-0.2, -0.15) is 0 Å². The molecular formula is C21H23N3O2. The van der Waals surface area contributed by atoms with Gasteiger partial charge in [0.1, 0.15) is 0 Å². The third-order valence-corrected chi connectivity index (χ3v) is 3.92. The van der Waals surface area contributed by atoms with Gasteiger partial charge in [-0.3, -0.25) is 9.59 Å². The minimum absolute atomic E-state index is 0.0358. The topological polar surface area (TPSA) is 56.9 Å². The minimum Gasteiger partial charge on any atom is -0.311 e. The summed E-state index contributed by atoms with van der Waals surface area (Å²) in [5.74, 6) is 0. The van der Waals surface area contributed by atoms with Crippen molar-refractivity contribution in [2.24, 2.45) is 14.1 Å². The SMILES string of the molecule is CC.Cn1c(=O)ccc2ccccc21.Cn1c(=O)cnc2ccccc21. The van der Waals surface area contributed by atoms with Crippen LogP contribution in [0, 0.1) is 0 Å². The Kier molecular flexibility index (Phi) is 6.44. The molecule has 5 heteroatoms. The second-order valence-corrected chi connectivity index (χ2v) is 5.43. The van der Waals surface area contributed by atoms with Crippen molar-refractivity contribution in [2.45, 2.75) is 13.8 Å². The summed E-state index contributed by atoms with van der Waals surface area (Å²) >= 11 is 0. The van der Waals surface area contributed by atoms with E-state index >= 15 is 0 Å². The molecule has 4 aromatic rings. The summed E-state index contributed by atoms with van der Waals surface area (Å²) < 4.78 is 3.23. The Hall–Kier alpha value is -3.21. The molecule has 0 amide bonds. The van der Waals surface area contributed by atoms with Gasteiger partial charge in [-0.05, 0) is 29.7 Å². The molecule has 5 nitrogen and oxygen atoms in total. The van der Waals surface area contributed by atoms with Gasteiger partial charge >= 0.3 is 0 Å². The largest absolute Gasteiger partial charge is 0.311 e. The summed E-state index contributed by atoms with van der Waals surface area (Å²) in [5, 5.41) is 1.10. The number of pyridine rings is 1. The van der Waals surface area contributed by atoms with Crippen LogP contribution in [-0.4, -0.2) is 14.1 Å². The summed E-state index contributed by atoms with van der Waals surface area (Å²) in [6, 6.07) is 18.8. The minimum atomic E-state index is -0.0753. The molecule has 0 N–H and O–H groups in total. The molecule has 0 bridgehead atoms. The smallest absolute Gasteiger partial charge is 0.269 e. The number of aryl methyl sites for hydroxylation is 2. The zero-order valence-electron chi connectivity index (χ0n) is 15.5. The Morgan fingerprint density at radius 1 is 0.692 bits per heavy atom. The first kappa shape index (κ1) is 19.1. The zero-order chi connectivity index (χ0) is 19.1. The number of aromatic nitrogens is 3. The average molecular weight is 349 g/mol. The molecule has 2 aromatic heterocycles. The van der Waals surface area contributed by atoms with Gasteiger partial charge in [0, 0.05) is 20.2 Å². The maximum atomic E-state index is 11.2. The molecule has 0 saturated carbocycles. The van der Waals surface area contributed by atoms with Crippen LogP contribution in [0.1, 0.15) is 13.8 Å². The van der Waals surface area contributed by atoms with Crippen LogP contribution in [0.3, 0.4) is 0 Å². The number of rotatable bonds is 0. The third kappa shape index (κ3) is 4.06. The normalized spacial score (nSPS) is 9.85. The van der Waals surface area contributed by atoms with Gasteiger partial charge in [-0.25, -0.2) is 4.98 Å². The fourth-order valence-electron chi connectivity index (χ4n) is 2.51. The van der Waals surface area contributed by atoms with Crippen molar-refractivity contribution in [1.82, 2.24) is 14.1 Å². The summed E-state index contributed by atoms with van der Waals surface area (Å²) in [5.41, 5.74) is 2.65. The molecule has 0 aliphatic heterocycles. The molecule has 0 saturated heterocycles. The molecule has 26 heavy (non-hydrogen) atoms. The monoisotopic (exact) mass is 349 g/mol. The lowest BCUT2D eigenvalue weighted by atomic mass is 10.2. The van der Waals surface area contributed by atoms with E-state index in [9.17, 15) is 9.59 Å². The first-order valence-corrected chi connectivity index (χ1v) is 8.53. The highest BCUT2D eigenvalue weighted by atomic mass is 16.1. The van der Waals surface area contributed by atoms with Crippen LogP contribution in [0.2, 0.25) is 0 Å². The van der Waals surface area contributed by atoms with Gasteiger partial charge in [-0.1, -0.05) is 44.2 Å². The number of fused-ring (bicyclic) bond motifs is 2. The number of para-hydroxylation sites is 3. The second-order valence-electron chi connectivity index (χ2n) is 5.43. The van der Waals surface area contributed by atoms with Crippen molar-refractivity contribution in [3.8, 4) is 0 Å². The van der Waals surface area contributed by atoms with Gasteiger partial charge in [-0.15, -0.1) is 0 Å². The van der Waals surface area contributed by atoms with E-state index in [0.717, 1.165) is 21.9 Å². The highest BCUT2D eigenvalue weighted by molar-refractivity contribution is 5.78. The second kappa shape index (κ2) is 8.76. The predicted molar refractivity (Wildman–Crippen MR) is 108 cm³/mol. The molecule has 4 rings (SSSR count). The molecule has 134 valence electrons. The first-order chi connectivity index (χ1) is 12.6. The number of hydrogen-bond donors (Lipinski definition) is 0. The Labute approximate surface area is 152 Å². The van der Waals surface area contributed by atoms with Crippen molar-refractivity contribution in [2.75, 3.05) is 0 Å². The van der Waals surface area contributed by atoms with Crippen LogP contribution in [0.4, 0.5) is 0 Å². The highest BCUT2D eigenvalue weighted by Gasteiger charge is 1.97. The zero-order valence-corrected chi connectivity index (χ0v) is 15.5. The van der Waals surface area contributed by atoms with Crippen LogP contribution >= 0.6 is 0 Å². The van der Waals surface area contributed by atoms with Gasteiger partial charge in [0.15, 0.2) is 0 Å². The summed E-state index contributed by atoms with van der Waals surface area (Å²) in [4.78, 5) is 26.3. The van der Waals surface area contributed by atoms with Crippen molar-refractivity contribution < 1.29 is 0 Å². The van der Waals surface area contributed by atoms with Crippen LogP contribution < -0.4 is 11.1 Å². The van der Waals surface area contributed by atoms with E-state index in [1.165, 1.54) is 6.20 Å². The lowest BCUT2D eigenvalue weighted by molar-refractivity contribution is 0.892. The van der Waals surface area contributed by atoms with E-state index in [1.807, 2.05) is 68.4 Å². The van der Waals surface area contributed by atoms with Crippen molar-refractivity contribution in [3.63, 3.8) is 0 Å². The molecule has 0 aliphatic carbocycles. The van der Waals surface area contributed by atoms with E-state index in [4.69, 9.17) is 0 Å². The molecular weight excluding hydrogens is 326 g/mol. The molecule has 0 spiro atoms. The molecule has 0 aliphatic rings. The summed E-state index contributed by atoms with van der Waals surface area (Å²) in [7, 11) is 3.52. The molecule has 0 fully saturated rings. The summed E-state index contributed by atoms with van der Waals surface area (Å²) in [6.07, 6.45) is 1.34. The van der Waals surface area contributed by atoms with E-state index in [2.05, 4.69) is 4.98 Å². The van der Waals surface area contributed by atoms with Gasteiger partial charge in [0.25, 0.3) is 11.1 Å². The van der Waals surface area contributed by atoms with Gasteiger partial charge < -0.3 is 9.13 Å². The van der Waals surface area contributed by atoms with E-state index in [1.54, 1.807) is 29.3 Å². The van der Waals surface area contributed by atoms with Crippen LogP contribution in [0.25, 0.3) is 21.9 Å². The third-order valence-electron chi connectivity index (χ3n) is 3.92. The van der Waals surface area contributed by atoms with E-state index in [-0.39, 0.29) is 11.1 Å². The Morgan fingerprint density at radius 2 is 1.27 bits per heavy atom. The Bertz CT molecular complexity index is 1040. The predicted octanol–water partition coefficient (Wildman–Crippen LogP) is 3.50. The van der Waals surface area contributed by atoms with Crippen LogP contribution in [-0.2, 0) is 14.1 Å². The molecule has 0 radical (unpaired) electrons. The van der Waals surface area contributed by atoms with Crippen molar-refractivity contribution in [3.05, 3.63) is 87.6 Å². The lowest BCUT2D eigenvalue weighted by Gasteiger charge is -2.01. The first-order valence-electron chi connectivity index (χ1n) is 8.53. The van der Waals surface area contributed by atoms with E-state index in [0.29, 0.717) is 0 Å². The van der Waals surface area contributed by atoms with Crippen molar-refractivity contribution >= 4 is 21.9 Å². The number of nitrogens with zero attached hydrogens (tertiary/aromatic N) is 3. The van der Waals surface area contributed by atoms with Crippen molar-refractivity contribution in [1.29, 1.82) is 0 Å². The van der Waals surface area contributed by atoms with Gasteiger partial charge in [0.05, 0.1) is 22.7 Å². The standard InChI is InChI=1S/C10H9NO.C9H8N2O.C2H6/c1-11-9-5-3-2-4-8(9)6-7-10(11)12;1-11-8-5-3-2-4-7(8)10-6-9(11)12;1-2/h2-7H,1H3;2-6H,1H3;1-2H3. The molecule has 0 atom stereocenters. The summed E-state index contributed by atoms with van der Waals surface area (Å²) in [6.45, 7) is 4.00. The molecule has 2 aromatic carbocycles. The number of benzene rings is 2. The highest BCUT2D eigenvalue weighted by Crippen LogP contribution is 2.09. The molecule has 0 unspecified atom stereocenters. The van der Waals surface area contributed by atoms with Crippen LogP contribution in [0.5, 0.6) is 0 Å². The fraction of sp³-hybridized carbons (Fsp3) is 0.190. The Balaban J connectivity index is 0.000000171. The van der Waals surface area contributed by atoms with E-state index < -0.39 is 0 Å². The van der Waals surface area contributed by atoms with Crippen LogP contribution in [0.15, 0.2) is 76.4 Å². The number of hydrogen-bond acceptors (Lipinski definition) is 3. The van der Waals surface area contributed by atoms with Gasteiger partial charge in [0.2, 0.25) is 0 Å². The quantitative estimate of drug-likeness (QED) is 0.488. The average Bonchev–Trinajstić information content (AvgIpc) is 2.70. The maximum absolute atomic E-state index is 11.2. The molecule has 2 heterocycles. The maximum Gasteiger partial charge on any atom is 0.269 e.